The fraction of sp³-hybridized carbons (Fsp3) is 0.292. The van der Waals surface area contributed by atoms with Crippen molar-refractivity contribution in [2.75, 3.05) is 0 Å². The third-order valence-corrected chi connectivity index (χ3v) is 7.11. The summed E-state index contributed by atoms with van der Waals surface area (Å²) >= 11 is 9.73. The summed E-state index contributed by atoms with van der Waals surface area (Å²) in [6.45, 7) is 2.40. The van der Waals surface area contributed by atoms with Gasteiger partial charge in [-0.15, -0.1) is 0 Å². The van der Waals surface area contributed by atoms with Gasteiger partial charge >= 0.3 is 0 Å². The number of carbonyl (C=O) groups is 2. The molecule has 2 fully saturated rings. The number of rotatable bonds is 5. The van der Waals surface area contributed by atoms with E-state index >= 15 is 0 Å². The number of aryl methyl sites for hydroxylation is 1. The first-order valence-corrected chi connectivity index (χ1v) is 11.4. The fourth-order valence-electron chi connectivity index (χ4n) is 4.79. The van der Waals surface area contributed by atoms with Gasteiger partial charge in [0.15, 0.2) is 0 Å². The molecular formula is C24H20BrClN2O3. The molecule has 31 heavy (non-hydrogen) atoms. The van der Waals surface area contributed by atoms with Gasteiger partial charge in [0.25, 0.3) is 11.8 Å². The Morgan fingerprint density at radius 2 is 1.77 bits per heavy atom. The summed E-state index contributed by atoms with van der Waals surface area (Å²) in [7, 11) is 0. The first-order chi connectivity index (χ1) is 14.9. The smallest absolute Gasteiger partial charge is 0.254 e. The third-order valence-electron chi connectivity index (χ3n) is 6.30. The van der Waals surface area contributed by atoms with Crippen molar-refractivity contribution in [1.29, 1.82) is 0 Å². The van der Waals surface area contributed by atoms with E-state index in [9.17, 15) is 9.59 Å². The Labute approximate surface area is 193 Å². The highest BCUT2D eigenvalue weighted by Gasteiger charge is 2.59. The summed E-state index contributed by atoms with van der Waals surface area (Å²) in [6.07, 6.45) is 6.50. The second-order valence-electron chi connectivity index (χ2n) is 8.31. The highest BCUT2D eigenvalue weighted by atomic mass is 79.9. The molecule has 2 aromatic carbocycles. The molecule has 2 aliphatic carbocycles. The molecule has 4 atom stereocenters. The van der Waals surface area contributed by atoms with Gasteiger partial charge in [0.2, 0.25) is 0 Å². The van der Waals surface area contributed by atoms with Gasteiger partial charge in [0, 0.05) is 10.6 Å². The Hall–Kier alpha value is -2.44. The molecule has 5 nitrogen and oxygen atoms in total. The summed E-state index contributed by atoms with van der Waals surface area (Å²) in [4.78, 5) is 25.7. The van der Waals surface area contributed by atoms with Crippen molar-refractivity contribution in [2.24, 2.45) is 28.8 Å². The molecule has 0 aromatic heterocycles. The Kier molecular flexibility index (Phi) is 5.22. The van der Waals surface area contributed by atoms with Crippen LogP contribution in [-0.4, -0.2) is 23.0 Å². The molecule has 4 unspecified atom stereocenters. The molecule has 0 spiro atoms. The normalized spacial score (nSPS) is 26.4. The summed E-state index contributed by atoms with van der Waals surface area (Å²) in [5, 5.41) is 5.79. The number of ether oxygens (including phenoxy) is 1. The lowest BCUT2D eigenvalue weighted by Gasteiger charge is -2.14. The minimum absolute atomic E-state index is 0.153. The van der Waals surface area contributed by atoms with E-state index in [1.807, 2.05) is 31.2 Å². The fourth-order valence-corrected chi connectivity index (χ4v) is 5.74. The van der Waals surface area contributed by atoms with Crippen molar-refractivity contribution in [3.05, 3.63) is 74.7 Å². The molecule has 1 heterocycles. The van der Waals surface area contributed by atoms with Gasteiger partial charge in [-0.3, -0.25) is 9.59 Å². The molecule has 2 aromatic rings. The number of fused-ring (bicyclic) bond motifs is 5. The van der Waals surface area contributed by atoms with Gasteiger partial charge in [-0.2, -0.15) is 10.1 Å². The maximum absolute atomic E-state index is 12.9. The topological polar surface area (TPSA) is 59.0 Å². The highest BCUT2D eigenvalue weighted by Crippen LogP contribution is 2.52. The van der Waals surface area contributed by atoms with E-state index in [0.717, 1.165) is 17.0 Å². The largest absolute Gasteiger partial charge is 0.487 e. The highest BCUT2D eigenvalue weighted by molar-refractivity contribution is 9.10. The third kappa shape index (κ3) is 3.62. The molecule has 0 radical (unpaired) electrons. The van der Waals surface area contributed by atoms with Crippen LogP contribution in [0.1, 0.15) is 23.1 Å². The summed E-state index contributed by atoms with van der Waals surface area (Å²) in [6, 6.07) is 11.5. The average molecular weight is 500 g/mol. The van der Waals surface area contributed by atoms with Crippen LogP contribution in [0.25, 0.3) is 0 Å². The number of hydrazone groups is 1. The average Bonchev–Trinajstić information content (AvgIpc) is 3.41. The second kappa shape index (κ2) is 7.92. The van der Waals surface area contributed by atoms with Crippen molar-refractivity contribution in [3.63, 3.8) is 0 Å². The second-order valence-corrected chi connectivity index (χ2v) is 9.60. The first-order valence-electron chi connectivity index (χ1n) is 10.2. The number of amides is 2. The summed E-state index contributed by atoms with van der Waals surface area (Å²) in [5.41, 5.74) is 2.79. The van der Waals surface area contributed by atoms with Gasteiger partial charge in [-0.1, -0.05) is 53.6 Å². The summed E-state index contributed by atoms with van der Waals surface area (Å²) in [5.74, 6) is -0.126. The molecule has 7 heteroatoms. The van der Waals surface area contributed by atoms with Crippen LogP contribution >= 0.6 is 27.5 Å². The van der Waals surface area contributed by atoms with Crippen molar-refractivity contribution < 1.29 is 14.3 Å². The lowest BCUT2D eigenvalue weighted by molar-refractivity contribution is -0.140. The number of nitrogens with zero attached hydrogens (tertiary/aromatic N) is 2. The van der Waals surface area contributed by atoms with E-state index in [2.05, 4.69) is 33.2 Å². The number of benzene rings is 2. The first kappa shape index (κ1) is 20.5. The van der Waals surface area contributed by atoms with Crippen LogP contribution in [0.5, 0.6) is 5.75 Å². The molecule has 2 bridgehead atoms. The number of hydrogen-bond acceptors (Lipinski definition) is 4. The molecule has 0 N–H and O–H groups in total. The van der Waals surface area contributed by atoms with Crippen molar-refractivity contribution in [1.82, 2.24) is 5.01 Å². The zero-order chi connectivity index (χ0) is 21.7. The number of allylic oxidation sites excluding steroid dienone is 2. The monoisotopic (exact) mass is 498 g/mol. The van der Waals surface area contributed by atoms with Gasteiger partial charge in [-0.05, 0) is 58.8 Å². The number of halogens is 2. The molecule has 1 aliphatic heterocycles. The zero-order valence-corrected chi connectivity index (χ0v) is 19.1. The van der Waals surface area contributed by atoms with Gasteiger partial charge < -0.3 is 4.74 Å². The van der Waals surface area contributed by atoms with Gasteiger partial charge in [0.05, 0.1) is 22.5 Å². The van der Waals surface area contributed by atoms with Crippen molar-refractivity contribution in [2.45, 2.75) is 20.0 Å². The molecule has 1 saturated carbocycles. The van der Waals surface area contributed by atoms with Crippen LogP contribution in [0.3, 0.4) is 0 Å². The molecule has 2 amide bonds. The minimum atomic E-state index is -0.275. The SMILES string of the molecule is Cc1ccc(COc2c(Br)cc(Cl)cc2C=NN2C(=O)C3C4C=CC(C4)C3C2=O)cc1. The van der Waals surface area contributed by atoms with Crippen molar-refractivity contribution >= 4 is 45.6 Å². The molecular weight excluding hydrogens is 480 g/mol. The van der Waals surface area contributed by atoms with Crippen LogP contribution in [0.4, 0.5) is 0 Å². The van der Waals surface area contributed by atoms with Crippen LogP contribution in [-0.2, 0) is 16.2 Å². The maximum atomic E-state index is 12.9. The Morgan fingerprint density at radius 1 is 1.13 bits per heavy atom. The minimum Gasteiger partial charge on any atom is -0.487 e. The van der Waals surface area contributed by atoms with E-state index in [4.69, 9.17) is 16.3 Å². The molecule has 158 valence electrons. The maximum Gasteiger partial charge on any atom is 0.254 e. The number of hydrogen-bond donors (Lipinski definition) is 0. The number of carbonyl (C=O) groups excluding carboxylic acids is 2. The zero-order valence-electron chi connectivity index (χ0n) is 16.8. The Balaban J connectivity index is 1.39. The standard InChI is InChI=1S/C24H20BrClN2O3/c1-13-2-4-14(5-3-13)12-31-22-17(9-18(26)10-19(22)25)11-27-28-23(29)20-15-6-7-16(8-15)21(20)24(28)30/h2-7,9-11,15-16,20-21H,8,12H2,1H3. The quantitative estimate of drug-likeness (QED) is 0.325. The number of imide groups is 1. The lowest BCUT2D eigenvalue weighted by Crippen LogP contribution is -2.28. The van der Waals surface area contributed by atoms with Crippen LogP contribution in [0.2, 0.25) is 5.02 Å². The molecule has 1 saturated heterocycles. The Morgan fingerprint density at radius 3 is 2.42 bits per heavy atom. The molecule has 5 rings (SSSR count). The van der Waals surface area contributed by atoms with E-state index in [-0.39, 0.29) is 35.5 Å². The van der Waals surface area contributed by atoms with Crippen LogP contribution in [0.15, 0.2) is 58.1 Å². The van der Waals surface area contributed by atoms with E-state index in [1.54, 1.807) is 12.1 Å². The van der Waals surface area contributed by atoms with Crippen LogP contribution in [0, 0.1) is 30.6 Å². The molecule has 3 aliphatic rings. The predicted molar refractivity (Wildman–Crippen MR) is 122 cm³/mol. The van der Waals surface area contributed by atoms with E-state index in [0.29, 0.717) is 27.4 Å². The van der Waals surface area contributed by atoms with Gasteiger partial charge in [-0.25, -0.2) is 0 Å². The predicted octanol–water partition coefficient (Wildman–Crippen LogP) is 5.13. The Bertz CT molecular complexity index is 1100. The van der Waals surface area contributed by atoms with Gasteiger partial charge in [0.1, 0.15) is 12.4 Å². The summed E-state index contributed by atoms with van der Waals surface area (Å²) < 4.78 is 6.71. The van der Waals surface area contributed by atoms with E-state index in [1.165, 1.54) is 11.8 Å². The van der Waals surface area contributed by atoms with E-state index < -0.39 is 0 Å². The van der Waals surface area contributed by atoms with Crippen molar-refractivity contribution in [3.8, 4) is 5.75 Å². The van der Waals surface area contributed by atoms with Crippen LogP contribution < -0.4 is 4.74 Å². The lowest BCUT2D eigenvalue weighted by atomic mass is 9.85.